The van der Waals surface area contributed by atoms with Crippen LogP contribution in [0.25, 0.3) is 10.9 Å². The average molecular weight is 640 g/mol. The maximum atomic E-state index is 14.8. The third kappa shape index (κ3) is 5.50. The van der Waals surface area contributed by atoms with Crippen molar-refractivity contribution in [2.75, 3.05) is 5.32 Å². The quantitative estimate of drug-likeness (QED) is 0.228. The Morgan fingerprint density at radius 1 is 0.943 bits per heavy atom. The highest BCUT2D eigenvalue weighted by Gasteiger charge is 2.71. The van der Waals surface area contributed by atoms with E-state index in [2.05, 4.69) is 25.7 Å². The SMILES string of the molecule is O=C(Nc1c(Br)cc(C(F)(C(F)(F)F)C(F)(F)Br)cc1OC(F)(F)F)c1ccc2cccnc2c1. The Morgan fingerprint density at radius 3 is 2.17 bits per heavy atom. The molecule has 188 valence electrons. The predicted octanol–water partition coefficient (Wildman–Crippen LogP) is 7.86. The zero-order chi connectivity index (χ0) is 26.4. The lowest BCUT2D eigenvalue weighted by atomic mass is 9.94. The molecule has 2 aromatic carbocycles. The number of anilines is 1. The Morgan fingerprint density at radius 2 is 1.60 bits per heavy atom. The molecule has 0 saturated heterocycles. The molecule has 1 unspecified atom stereocenters. The molecule has 15 heteroatoms. The first-order chi connectivity index (χ1) is 15.9. The van der Waals surface area contributed by atoms with Crippen LogP contribution in [0.3, 0.4) is 0 Å². The Hall–Kier alpha value is -2.55. The van der Waals surface area contributed by atoms with Gasteiger partial charge in [-0.3, -0.25) is 9.78 Å². The van der Waals surface area contributed by atoms with Crippen molar-refractivity contribution in [1.29, 1.82) is 0 Å². The van der Waals surface area contributed by atoms with Gasteiger partial charge in [-0.15, -0.1) is 13.2 Å². The standard InChI is InChI=1S/C20H9Br2F9N2O2/c21-12-7-11(17(23,18(22,24)25)19(26,27)28)8-14(35-20(29,30)31)15(12)33-16(34)10-4-3-9-2-1-5-32-13(9)6-10/h1-8H,(H,33,34). The minimum Gasteiger partial charge on any atom is -0.404 e. The third-order valence-electron chi connectivity index (χ3n) is 4.57. The zero-order valence-electron chi connectivity index (χ0n) is 16.5. The van der Waals surface area contributed by atoms with Gasteiger partial charge >= 0.3 is 23.0 Å². The largest absolute Gasteiger partial charge is 0.573 e. The summed E-state index contributed by atoms with van der Waals surface area (Å²) in [6.45, 7) is 0. The average Bonchev–Trinajstić information content (AvgIpc) is 2.72. The van der Waals surface area contributed by atoms with Gasteiger partial charge in [0.05, 0.1) is 11.2 Å². The monoisotopic (exact) mass is 638 g/mol. The molecule has 0 aliphatic carbocycles. The van der Waals surface area contributed by atoms with Crippen molar-refractivity contribution < 1.29 is 49.0 Å². The van der Waals surface area contributed by atoms with Crippen LogP contribution >= 0.6 is 31.9 Å². The lowest BCUT2D eigenvalue weighted by Gasteiger charge is -2.32. The van der Waals surface area contributed by atoms with Crippen LogP contribution in [0.2, 0.25) is 0 Å². The van der Waals surface area contributed by atoms with Gasteiger partial charge in [-0.05, 0) is 62.2 Å². The molecule has 1 aromatic heterocycles. The van der Waals surface area contributed by atoms with Crippen molar-refractivity contribution in [2.45, 2.75) is 23.0 Å². The lowest BCUT2D eigenvalue weighted by molar-refractivity contribution is -0.282. The van der Waals surface area contributed by atoms with Gasteiger partial charge in [0.1, 0.15) is 0 Å². The van der Waals surface area contributed by atoms with Crippen LogP contribution in [0.5, 0.6) is 5.75 Å². The van der Waals surface area contributed by atoms with E-state index in [0.29, 0.717) is 10.9 Å². The number of carbonyl (C=O) groups excluding carboxylic acids is 1. The van der Waals surface area contributed by atoms with E-state index in [1.54, 1.807) is 12.1 Å². The number of rotatable bonds is 5. The van der Waals surface area contributed by atoms with Crippen molar-refractivity contribution in [3.63, 3.8) is 0 Å². The number of alkyl halides is 10. The zero-order valence-corrected chi connectivity index (χ0v) is 19.7. The number of aromatic nitrogens is 1. The van der Waals surface area contributed by atoms with E-state index in [9.17, 15) is 44.3 Å². The summed E-state index contributed by atoms with van der Waals surface area (Å²) in [4.78, 5) is 11.4. The molecule has 0 fully saturated rings. The minimum absolute atomic E-state index is 0.118. The van der Waals surface area contributed by atoms with Gasteiger partial charge in [-0.1, -0.05) is 12.1 Å². The van der Waals surface area contributed by atoms with Crippen LogP contribution in [0.15, 0.2) is 53.1 Å². The minimum atomic E-state index is -6.27. The van der Waals surface area contributed by atoms with E-state index in [0.717, 1.165) is 0 Å². The fourth-order valence-corrected chi connectivity index (χ4v) is 3.98. The molecule has 35 heavy (non-hydrogen) atoms. The first kappa shape index (κ1) is 27.0. The van der Waals surface area contributed by atoms with E-state index in [4.69, 9.17) is 0 Å². The normalized spacial score (nSPS) is 14.5. The molecule has 0 bridgehead atoms. The Kier molecular flexibility index (Phi) is 7.07. The van der Waals surface area contributed by atoms with Crippen LogP contribution in [0.4, 0.5) is 45.2 Å². The van der Waals surface area contributed by atoms with Crippen molar-refractivity contribution >= 4 is 54.4 Å². The smallest absolute Gasteiger partial charge is 0.404 e. The summed E-state index contributed by atoms with van der Waals surface area (Å²) in [6.07, 6.45) is -10.4. The molecule has 0 saturated carbocycles. The van der Waals surface area contributed by atoms with Gasteiger partial charge in [0.15, 0.2) is 5.75 Å². The van der Waals surface area contributed by atoms with Crippen LogP contribution < -0.4 is 10.1 Å². The fraction of sp³-hybridized carbons (Fsp3) is 0.200. The van der Waals surface area contributed by atoms with Crippen molar-refractivity contribution in [1.82, 2.24) is 4.98 Å². The van der Waals surface area contributed by atoms with Gasteiger partial charge < -0.3 is 10.1 Å². The number of hydrogen-bond acceptors (Lipinski definition) is 3. The number of nitrogens with zero attached hydrogens (tertiary/aromatic N) is 1. The number of fused-ring (bicyclic) bond motifs is 1. The second-order valence-electron chi connectivity index (χ2n) is 6.90. The highest BCUT2D eigenvalue weighted by molar-refractivity contribution is 9.10. The van der Waals surface area contributed by atoms with Crippen LogP contribution in [0.1, 0.15) is 15.9 Å². The molecule has 0 aliphatic rings. The fourth-order valence-electron chi connectivity index (χ4n) is 2.99. The Balaban J connectivity index is 2.12. The number of amides is 1. The van der Waals surface area contributed by atoms with Crippen molar-refractivity contribution in [3.8, 4) is 5.75 Å². The number of halogens is 11. The molecular formula is C20H9Br2F9N2O2. The van der Waals surface area contributed by atoms with E-state index in [-0.39, 0.29) is 17.7 Å². The third-order valence-corrected chi connectivity index (χ3v) is 5.74. The summed E-state index contributed by atoms with van der Waals surface area (Å²) in [5.41, 5.74) is -8.05. The first-order valence-corrected chi connectivity index (χ1v) is 10.6. The summed E-state index contributed by atoms with van der Waals surface area (Å²) >= 11 is 3.91. The Labute approximate surface area is 206 Å². The second kappa shape index (κ2) is 9.15. The van der Waals surface area contributed by atoms with Crippen LogP contribution in [0, 0.1) is 0 Å². The highest BCUT2D eigenvalue weighted by Crippen LogP contribution is 2.56. The molecule has 0 radical (unpaired) electrons. The van der Waals surface area contributed by atoms with Crippen molar-refractivity contribution in [2.24, 2.45) is 0 Å². The van der Waals surface area contributed by atoms with Gasteiger partial charge in [0.25, 0.3) is 5.91 Å². The summed E-state index contributed by atoms with van der Waals surface area (Å²) in [5.74, 6) is -2.62. The summed E-state index contributed by atoms with van der Waals surface area (Å²) in [5, 5.41) is 2.62. The van der Waals surface area contributed by atoms with Gasteiger partial charge in [0.2, 0.25) is 0 Å². The maximum absolute atomic E-state index is 14.8. The molecule has 1 N–H and O–H groups in total. The second-order valence-corrected chi connectivity index (χ2v) is 8.75. The molecule has 3 aromatic rings. The Bertz CT molecular complexity index is 1260. The summed E-state index contributed by atoms with van der Waals surface area (Å²) in [6, 6.07) is 7.25. The lowest BCUT2D eigenvalue weighted by Crippen LogP contribution is -2.49. The van der Waals surface area contributed by atoms with E-state index < -0.39 is 50.4 Å². The number of pyridine rings is 1. The molecule has 1 amide bonds. The topological polar surface area (TPSA) is 51.2 Å². The van der Waals surface area contributed by atoms with Gasteiger partial charge in [0, 0.05) is 27.2 Å². The molecule has 1 heterocycles. The molecule has 4 nitrogen and oxygen atoms in total. The number of carbonyl (C=O) groups is 1. The van der Waals surface area contributed by atoms with E-state index in [1.807, 2.05) is 5.32 Å². The molecule has 0 aliphatic heterocycles. The number of hydrogen-bond donors (Lipinski definition) is 1. The molecule has 1 atom stereocenters. The molecule has 3 rings (SSSR count). The molecular weight excluding hydrogens is 631 g/mol. The van der Waals surface area contributed by atoms with Crippen LogP contribution in [-0.2, 0) is 5.67 Å². The maximum Gasteiger partial charge on any atom is 0.573 e. The number of benzene rings is 2. The van der Waals surface area contributed by atoms with Gasteiger partial charge in [-0.25, -0.2) is 4.39 Å². The number of ether oxygens (including phenoxy) is 1. The first-order valence-electron chi connectivity index (χ1n) is 9.02. The summed E-state index contributed by atoms with van der Waals surface area (Å²) < 4.78 is 124. The van der Waals surface area contributed by atoms with Crippen molar-refractivity contribution in [3.05, 3.63) is 64.3 Å². The summed E-state index contributed by atoms with van der Waals surface area (Å²) in [7, 11) is 0. The van der Waals surface area contributed by atoms with E-state index in [1.165, 1.54) is 40.3 Å². The van der Waals surface area contributed by atoms with Crippen LogP contribution in [-0.4, -0.2) is 28.3 Å². The predicted molar refractivity (Wildman–Crippen MR) is 113 cm³/mol. The highest BCUT2D eigenvalue weighted by atomic mass is 79.9. The van der Waals surface area contributed by atoms with E-state index >= 15 is 0 Å². The van der Waals surface area contributed by atoms with Gasteiger partial charge in [-0.2, -0.15) is 22.0 Å². The number of nitrogens with one attached hydrogen (secondary N) is 1. The molecule has 0 spiro atoms.